The van der Waals surface area contributed by atoms with Crippen molar-refractivity contribution in [3.8, 4) is 5.75 Å². The van der Waals surface area contributed by atoms with Gasteiger partial charge >= 0.3 is 6.09 Å². The molecule has 0 saturated carbocycles. The molecular formula is C21H25N3O5. The van der Waals surface area contributed by atoms with Gasteiger partial charge in [-0.1, -0.05) is 18.2 Å². The monoisotopic (exact) mass is 399 g/mol. The summed E-state index contributed by atoms with van der Waals surface area (Å²) in [6, 6.07) is 12.7. The first-order chi connectivity index (χ1) is 13.6. The molecule has 29 heavy (non-hydrogen) atoms. The largest absolute Gasteiger partial charge is 0.508 e. The second kappa shape index (κ2) is 9.59. The molecule has 3 amide bonds. The number of ether oxygens (including phenoxy) is 1. The van der Waals surface area contributed by atoms with Crippen LogP contribution in [0.4, 0.5) is 16.2 Å². The van der Waals surface area contributed by atoms with E-state index in [1.54, 1.807) is 57.2 Å². The van der Waals surface area contributed by atoms with Crippen LogP contribution >= 0.6 is 0 Å². The third-order valence-electron chi connectivity index (χ3n) is 3.58. The summed E-state index contributed by atoms with van der Waals surface area (Å²) in [5.74, 6) is -0.772. The molecule has 0 bridgehead atoms. The van der Waals surface area contributed by atoms with Crippen LogP contribution in [0, 0.1) is 0 Å². The van der Waals surface area contributed by atoms with E-state index in [1.165, 1.54) is 12.1 Å². The van der Waals surface area contributed by atoms with Crippen LogP contribution in [0.2, 0.25) is 0 Å². The van der Waals surface area contributed by atoms with Crippen LogP contribution in [0.15, 0.2) is 48.5 Å². The number of phenolic OH excluding ortho intramolecular Hbond substituents is 1. The molecule has 0 spiro atoms. The molecule has 0 fully saturated rings. The molecule has 0 atom stereocenters. The average Bonchev–Trinajstić information content (AvgIpc) is 2.61. The van der Waals surface area contributed by atoms with Crippen molar-refractivity contribution in [3.63, 3.8) is 0 Å². The molecule has 2 aromatic carbocycles. The number of phenols is 1. The zero-order valence-corrected chi connectivity index (χ0v) is 16.6. The minimum absolute atomic E-state index is 0.0169. The zero-order chi connectivity index (χ0) is 21.4. The number of anilines is 2. The molecule has 0 unspecified atom stereocenters. The number of aromatic hydroxyl groups is 1. The smallest absolute Gasteiger partial charge is 0.407 e. The number of rotatable bonds is 6. The van der Waals surface area contributed by atoms with Crippen molar-refractivity contribution >= 4 is 29.3 Å². The number of nitrogens with one attached hydrogen (secondary N) is 3. The van der Waals surface area contributed by atoms with E-state index in [2.05, 4.69) is 16.0 Å². The fourth-order valence-electron chi connectivity index (χ4n) is 2.35. The molecule has 0 heterocycles. The summed E-state index contributed by atoms with van der Waals surface area (Å²) >= 11 is 0. The quantitative estimate of drug-likeness (QED) is 0.593. The molecule has 0 aromatic heterocycles. The van der Waals surface area contributed by atoms with E-state index in [9.17, 15) is 19.5 Å². The molecule has 2 aromatic rings. The Kier molecular flexibility index (Phi) is 7.19. The van der Waals surface area contributed by atoms with Gasteiger partial charge in [-0.2, -0.15) is 0 Å². The Balaban J connectivity index is 1.92. The molecule has 0 radical (unpaired) electrons. The van der Waals surface area contributed by atoms with Crippen molar-refractivity contribution in [2.75, 3.05) is 17.2 Å². The molecular weight excluding hydrogens is 374 g/mol. The Morgan fingerprint density at radius 3 is 2.24 bits per heavy atom. The fourth-order valence-corrected chi connectivity index (χ4v) is 2.35. The van der Waals surface area contributed by atoms with Crippen molar-refractivity contribution in [1.82, 2.24) is 5.32 Å². The van der Waals surface area contributed by atoms with Gasteiger partial charge in [-0.05, 0) is 51.1 Å². The number of amides is 3. The minimum Gasteiger partial charge on any atom is -0.508 e. The predicted molar refractivity (Wildman–Crippen MR) is 110 cm³/mol. The van der Waals surface area contributed by atoms with Crippen molar-refractivity contribution in [2.24, 2.45) is 0 Å². The maximum atomic E-state index is 12.4. The molecule has 154 valence electrons. The van der Waals surface area contributed by atoms with E-state index in [-0.39, 0.29) is 30.2 Å². The molecule has 8 nitrogen and oxygen atoms in total. The van der Waals surface area contributed by atoms with Gasteiger partial charge in [0, 0.05) is 18.5 Å². The molecule has 0 aliphatic heterocycles. The molecule has 2 rings (SSSR count). The van der Waals surface area contributed by atoms with Crippen LogP contribution < -0.4 is 16.0 Å². The van der Waals surface area contributed by atoms with E-state index in [4.69, 9.17) is 4.74 Å². The van der Waals surface area contributed by atoms with Crippen molar-refractivity contribution < 1.29 is 24.2 Å². The number of carbonyl (C=O) groups is 3. The van der Waals surface area contributed by atoms with Gasteiger partial charge in [0.25, 0.3) is 5.91 Å². The Morgan fingerprint density at radius 2 is 1.62 bits per heavy atom. The van der Waals surface area contributed by atoms with Crippen LogP contribution in [0.25, 0.3) is 0 Å². The maximum Gasteiger partial charge on any atom is 0.407 e. The van der Waals surface area contributed by atoms with Crippen molar-refractivity contribution in [3.05, 3.63) is 54.1 Å². The summed E-state index contributed by atoms with van der Waals surface area (Å²) in [6.07, 6.45) is -0.558. The number of hydrogen-bond donors (Lipinski definition) is 4. The average molecular weight is 399 g/mol. The van der Waals surface area contributed by atoms with E-state index >= 15 is 0 Å². The second-order valence-electron chi connectivity index (χ2n) is 7.28. The van der Waals surface area contributed by atoms with E-state index in [0.29, 0.717) is 11.4 Å². The lowest BCUT2D eigenvalue weighted by molar-refractivity contribution is -0.116. The minimum atomic E-state index is -0.612. The van der Waals surface area contributed by atoms with Gasteiger partial charge in [-0.3, -0.25) is 9.59 Å². The van der Waals surface area contributed by atoms with Crippen LogP contribution in [0.1, 0.15) is 37.6 Å². The SMILES string of the molecule is CC(C)(C)OC(=O)NCCC(=O)Nc1ccccc1NC(=O)c1cccc(O)c1. The normalized spacial score (nSPS) is 10.7. The first-order valence-electron chi connectivity index (χ1n) is 9.10. The number of benzene rings is 2. The van der Waals surface area contributed by atoms with Crippen LogP contribution in [0.3, 0.4) is 0 Å². The number of carbonyl (C=O) groups excluding carboxylic acids is 3. The van der Waals surface area contributed by atoms with Gasteiger partial charge in [0.05, 0.1) is 11.4 Å². The second-order valence-corrected chi connectivity index (χ2v) is 7.28. The predicted octanol–water partition coefficient (Wildman–Crippen LogP) is 3.50. The zero-order valence-electron chi connectivity index (χ0n) is 16.6. The highest BCUT2D eigenvalue weighted by molar-refractivity contribution is 6.07. The van der Waals surface area contributed by atoms with E-state index in [0.717, 1.165) is 0 Å². The van der Waals surface area contributed by atoms with Crippen molar-refractivity contribution in [1.29, 1.82) is 0 Å². The fraction of sp³-hybridized carbons (Fsp3) is 0.286. The Morgan fingerprint density at radius 1 is 0.966 bits per heavy atom. The summed E-state index contributed by atoms with van der Waals surface area (Å²) in [7, 11) is 0. The van der Waals surface area contributed by atoms with Crippen molar-refractivity contribution in [2.45, 2.75) is 32.8 Å². The lowest BCUT2D eigenvalue weighted by Gasteiger charge is -2.19. The van der Waals surface area contributed by atoms with Gasteiger partial charge in [-0.15, -0.1) is 0 Å². The highest BCUT2D eigenvalue weighted by atomic mass is 16.6. The summed E-state index contributed by atoms with van der Waals surface area (Å²) in [4.78, 5) is 36.2. The molecule has 0 aliphatic carbocycles. The van der Waals surface area contributed by atoms with Gasteiger partial charge in [0.1, 0.15) is 11.4 Å². The summed E-state index contributed by atoms with van der Waals surface area (Å²) in [6.45, 7) is 5.36. The molecule has 4 N–H and O–H groups in total. The molecule has 8 heteroatoms. The summed E-state index contributed by atoms with van der Waals surface area (Å²) in [5.41, 5.74) is 0.504. The molecule has 0 saturated heterocycles. The first-order valence-corrected chi connectivity index (χ1v) is 9.10. The third kappa shape index (κ3) is 7.53. The maximum absolute atomic E-state index is 12.4. The highest BCUT2D eigenvalue weighted by Crippen LogP contribution is 2.22. The van der Waals surface area contributed by atoms with Crippen LogP contribution in [-0.4, -0.2) is 35.2 Å². The highest BCUT2D eigenvalue weighted by Gasteiger charge is 2.16. The number of hydrogen-bond acceptors (Lipinski definition) is 5. The third-order valence-corrected chi connectivity index (χ3v) is 3.58. The number of alkyl carbamates (subject to hydrolysis) is 1. The summed E-state index contributed by atoms with van der Waals surface area (Å²) < 4.78 is 5.10. The Hall–Kier alpha value is -3.55. The first kappa shape index (κ1) is 21.7. The van der Waals surface area contributed by atoms with Crippen LogP contribution in [-0.2, 0) is 9.53 Å². The number of para-hydroxylation sites is 2. The lowest BCUT2D eigenvalue weighted by Crippen LogP contribution is -2.34. The molecule has 0 aliphatic rings. The van der Waals surface area contributed by atoms with Crippen LogP contribution in [0.5, 0.6) is 5.75 Å². The summed E-state index contributed by atoms with van der Waals surface area (Å²) in [5, 5.41) is 17.4. The Bertz CT molecular complexity index is 890. The lowest BCUT2D eigenvalue weighted by atomic mass is 10.2. The van der Waals surface area contributed by atoms with Gasteiger partial charge < -0.3 is 25.8 Å². The van der Waals surface area contributed by atoms with Gasteiger partial charge in [0.2, 0.25) is 5.91 Å². The topological polar surface area (TPSA) is 117 Å². The standard InChI is InChI=1S/C21H25N3O5/c1-21(2,3)29-20(28)22-12-11-18(26)23-16-9-4-5-10-17(16)24-19(27)14-7-6-8-15(25)13-14/h4-10,13,25H,11-12H2,1-3H3,(H,22,28)(H,23,26)(H,24,27). The Labute approximate surface area is 169 Å². The van der Waals surface area contributed by atoms with E-state index in [1.807, 2.05) is 0 Å². The van der Waals surface area contributed by atoms with E-state index < -0.39 is 17.6 Å². The van der Waals surface area contributed by atoms with Gasteiger partial charge in [0.15, 0.2) is 0 Å². The van der Waals surface area contributed by atoms with Gasteiger partial charge in [-0.25, -0.2) is 4.79 Å².